The van der Waals surface area contributed by atoms with Crippen LogP contribution in [0.5, 0.6) is 17.2 Å². The molecule has 0 saturated carbocycles. The van der Waals surface area contributed by atoms with Gasteiger partial charge in [-0.25, -0.2) is 4.98 Å². The SMILES string of the molecule is COc1ccc2nc(SCC(=O)NCc3ccc(O)c(O)c3)sc2c1. The van der Waals surface area contributed by atoms with Crippen LogP contribution in [0.15, 0.2) is 40.7 Å². The number of ether oxygens (including phenoxy) is 1. The molecule has 3 rings (SSSR count). The van der Waals surface area contributed by atoms with Gasteiger partial charge in [0.1, 0.15) is 5.75 Å². The van der Waals surface area contributed by atoms with Gasteiger partial charge in [-0.05, 0) is 35.9 Å². The van der Waals surface area contributed by atoms with E-state index in [9.17, 15) is 15.0 Å². The molecule has 1 aromatic heterocycles. The van der Waals surface area contributed by atoms with Crippen molar-refractivity contribution in [1.82, 2.24) is 10.3 Å². The van der Waals surface area contributed by atoms with Crippen LogP contribution in [0.4, 0.5) is 0 Å². The minimum atomic E-state index is -0.203. The average molecular weight is 376 g/mol. The maximum atomic E-state index is 12.0. The number of amides is 1. The molecule has 3 aromatic rings. The second kappa shape index (κ2) is 7.62. The molecule has 0 aliphatic heterocycles. The molecule has 0 radical (unpaired) electrons. The summed E-state index contributed by atoms with van der Waals surface area (Å²) in [5.41, 5.74) is 1.59. The highest BCUT2D eigenvalue weighted by atomic mass is 32.2. The van der Waals surface area contributed by atoms with E-state index in [-0.39, 0.29) is 29.7 Å². The van der Waals surface area contributed by atoms with Crippen molar-refractivity contribution in [2.24, 2.45) is 0 Å². The molecule has 8 heteroatoms. The second-order valence-electron chi connectivity index (χ2n) is 5.20. The molecule has 3 N–H and O–H groups in total. The Bertz CT molecular complexity index is 911. The Labute approximate surface area is 152 Å². The van der Waals surface area contributed by atoms with Gasteiger partial charge in [-0.3, -0.25) is 4.79 Å². The molecule has 0 fully saturated rings. The first-order chi connectivity index (χ1) is 12.0. The second-order valence-corrected chi connectivity index (χ2v) is 7.46. The molecular weight excluding hydrogens is 360 g/mol. The van der Waals surface area contributed by atoms with E-state index in [1.807, 2.05) is 18.2 Å². The van der Waals surface area contributed by atoms with Crippen LogP contribution >= 0.6 is 23.1 Å². The number of thioether (sulfide) groups is 1. The van der Waals surface area contributed by atoms with Crippen LogP contribution in [0.1, 0.15) is 5.56 Å². The summed E-state index contributed by atoms with van der Waals surface area (Å²) in [4.78, 5) is 16.5. The minimum absolute atomic E-state index is 0.130. The number of aromatic nitrogens is 1. The van der Waals surface area contributed by atoms with Crippen molar-refractivity contribution >= 4 is 39.2 Å². The van der Waals surface area contributed by atoms with Crippen molar-refractivity contribution in [2.45, 2.75) is 10.9 Å². The van der Waals surface area contributed by atoms with Crippen molar-refractivity contribution in [1.29, 1.82) is 0 Å². The standard InChI is InChI=1S/C17H16N2O4S2/c1-23-11-3-4-12-15(7-11)25-17(19-12)24-9-16(22)18-8-10-2-5-13(20)14(21)6-10/h2-7,20-21H,8-9H2,1H3,(H,18,22). The summed E-state index contributed by atoms with van der Waals surface area (Å²) in [7, 11) is 1.62. The van der Waals surface area contributed by atoms with Gasteiger partial charge in [0.2, 0.25) is 5.91 Å². The van der Waals surface area contributed by atoms with E-state index < -0.39 is 0 Å². The number of aromatic hydroxyl groups is 2. The molecule has 0 spiro atoms. The van der Waals surface area contributed by atoms with Gasteiger partial charge in [0.05, 0.1) is 23.1 Å². The van der Waals surface area contributed by atoms with E-state index >= 15 is 0 Å². The molecule has 130 valence electrons. The van der Waals surface area contributed by atoms with E-state index in [0.717, 1.165) is 20.3 Å². The molecule has 0 saturated heterocycles. The molecule has 1 heterocycles. The summed E-state index contributed by atoms with van der Waals surface area (Å²) in [6, 6.07) is 10.1. The molecule has 0 unspecified atom stereocenters. The van der Waals surface area contributed by atoms with E-state index in [4.69, 9.17) is 4.74 Å². The van der Waals surface area contributed by atoms with Crippen LogP contribution in [0.2, 0.25) is 0 Å². The summed E-state index contributed by atoms with van der Waals surface area (Å²) in [6.45, 7) is 0.282. The van der Waals surface area contributed by atoms with Gasteiger partial charge in [-0.2, -0.15) is 0 Å². The number of phenols is 2. The Kier molecular flexibility index (Phi) is 5.30. The highest BCUT2D eigenvalue weighted by molar-refractivity contribution is 8.01. The van der Waals surface area contributed by atoms with Gasteiger partial charge in [0.25, 0.3) is 0 Å². The summed E-state index contributed by atoms with van der Waals surface area (Å²) in [6.07, 6.45) is 0. The molecule has 2 aromatic carbocycles. The highest BCUT2D eigenvalue weighted by Gasteiger charge is 2.09. The zero-order chi connectivity index (χ0) is 17.8. The summed E-state index contributed by atoms with van der Waals surface area (Å²) in [5.74, 6) is 0.516. The molecule has 1 amide bonds. The van der Waals surface area contributed by atoms with Crippen molar-refractivity contribution in [3.63, 3.8) is 0 Å². The molecule has 0 bridgehead atoms. The molecule has 6 nitrogen and oxygen atoms in total. The lowest BCUT2D eigenvalue weighted by Gasteiger charge is -2.05. The number of thiazole rings is 1. The first-order valence-corrected chi connectivity index (χ1v) is 9.20. The van der Waals surface area contributed by atoms with Crippen molar-refractivity contribution in [2.75, 3.05) is 12.9 Å². The number of hydrogen-bond acceptors (Lipinski definition) is 7. The predicted octanol–water partition coefficient (Wildman–Crippen LogP) is 3.12. The zero-order valence-electron chi connectivity index (χ0n) is 13.4. The lowest BCUT2D eigenvalue weighted by atomic mass is 10.2. The number of benzene rings is 2. The largest absolute Gasteiger partial charge is 0.504 e. The van der Waals surface area contributed by atoms with Gasteiger partial charge in [0.15, 0.2) is 15.8 Å². The van der Waals surface area contributed by atoms with E-state index in [2.05, 4.69) is 10.3 Å². The van der Waals surface area contributed by atoms with Crippen LogP contribution in [-0.4, -0.2) is 34.0 Å². The lowest BCUT2D eigenvalue weighted by Crippen LogP contribution is -2.24. The first-order valence-electron chi connectivity index (χ1n) is 7.40. The first kappa shape index (κ1) is 17.4. The Morgan fingerprint density at radius 1 is 1.24 bits per heavy atom. The quantitative estimate of drug-likeness (QED) is 0.452. The summed E-state index contributed by atoms with van der Waals surface area (Å²) in [5, 5.41) is 21.5. The topological polar surface area (TPSA) is 91.7 Å². The van der Waals surface area contributed by atoms with E-state index in [1.165, 1.54) is 35.2 Å². The predicted molar refractivity (Wildman–Crippen MR) is 98.5 cm³/mol. The molecule has 25 heavy (non-hydrogen) atoms. The number of phenolic OH excluding ortho intramolecular Hbond substituents is 2. The summed E-state index contributed by atoms with van der Waals surface area (Å²) >= 11 is 2.89. The van der Waals surface area contributed by atoms with Crippen molar-refractivity contribution in [3.05, 3.63) is 42.0 Å². The molecular formula is C17H16N2O4S2. The fraction of sp³-hybridized carbons (Fsp3) is 0.176. The monoisotopic (exact) mass is 376 g/mol. The molecule has 0 aliphatic rings. The number of carbonyl (C=O) groups is 1. The number of hydrogen-bond donors (Lipinski definition) is 3. The normalized spacial score (nSPS) is 10.8. The molecule has 0 atom stereocenters. The number of nitrogens with zero attached hydrogens (tertiary/aromatic N) is 1. The lowest BCUT2D eigenvalue weighted by molar-refractivity contribution is -0.118. The number of nitrogens with one attached hydrogen (secondary N) is 1. The third-order valence-corrected chi connectivity index (χ3v) is 5.59. The van der Waals surface area contributed by atoms with Crippen molar-refractivity contribution in [3.8, 4) is 17.2 Å². The summed E-state index contributed by atoms with van der Waals surface area (Å²) < 4.78 is 7.03. The maximum Gasteiger partial charge on any atom is 0.230 e. The van der Waals surface area contributed by atoms with Crippen LogP contribution in [0.3, 0.4) is 0 Å². The van der Waals surface area contributed by atoms with Crippen LogP contribution < -0.4 is 10.1 Å². The zero-order valence-corrected chi connectivity index (χ0v) is 15.0. The van der Waals surface area contributed by atoms with Gasteiger partial charge in [-0.15, -0.1) is 11.3 Å². The van der Waals surface area contributed by atoms with Gasteiger partial charge in [0, 0.05) is 6.54 Å². The Balaban J connectivity index is 1.54. The van der Waals surface area contributed by atoms with E-state index in [1.54, 1.807) is 13.2 Å². The van der Waals surface area contributed by atoms with Crippen LogP contribution in [0.25, 0.3) is 10.2 Å². The van der Waals surface area contributed by atoms with Crippen molar-refractivity contribution < 1.29 is 19.7 Å². The Morgan fingerprint density at radius 2 is 2.08 bits per heavy atom. The average Bonchev–Trinajstić information content (AvgIpc) is 3.02. The van der Waals surface area contributed by atoms with Gasteiger partial charge in [-0.1, -0.05) is 17.8 Å². The van der Waals surface area contributed by atoms with Gasteiger partial charge >= 0.3 is 0 Å². The fourth-order valence-electron chi connectivity index (χ4n) is 2.13. The maximum absolute atomic E-state index is 12.0. The number of rotatable bonds is 6. The Morgan fingerprint density at radius 3 is 2.84 bits per heavy atom. The fourth-order valence-corrected chi connectivity index (χ4v) is 4.06. The smallest absolute Gasteiger partial charge is 0.230 e. The van der Waals surface area contributed by atoms with Gasteiger partial charge < -0.3 is 20.3 Å². The van der Waals surface area contributed by atoms with E-state index in [0.29, 0.717) is 5.56 Å². The highest BCUT2D eigenvalue weighted by Crippen LogP contribution is 2.31. The molecule has 0 aliphatic carbocycles. The third kappa shape index (κ3) is 4.34. The Hall–Kier alpha value is -2.45. The number of fused-ring (bicyclic) bond motifs is 1. The van der Waals surface area contributed by atoms with Crippen LogP contribution in [0, 0.1) is 0 Å². The minimum Gasteiger partial charge on any atom is -0.504 e. The van der Waals surface area contributed by atoms with Crippen LogP contribution in [-0.2, 0) is 11.3 Å². The number of carbonyl (C=O) groups excluding carboxylic acids is 1. The third-order valence-electron chi connectivity index (χ3n) is 3.43. The number of methoxy groups -OCH3 is 1.